The summed E-state index contributed by atoms with van der Waals surface area (Å²) in [6.07, 6.45) is 4.06. The number of hydrogen-bond donors (Lipinski definition) is 2. The molecule has 0 saturated carbocycles. The normalized spacial score (nSPS) is 17.4. The fraction of sp³-hybridized carbons (Fsp3) is 0.579. The fourth-order valence-corrected chi connectivity index (χ4v) is 3.23. The number of likely N-dealkylation sites (N-methyl/N-ethyl adjacent to an activating group) is 1. The van der Waals surface area contributed by atoms with Crippen LogP contribution in [0.5, 0.6) is 0 Å². The molecule has 27 heavy (non-hydrogen) atoms. The predicted molar refractivity (Wildman–Crippen MR) is 103 cm³/mol. The van der Waals surface area contributed by atoms with Crippen molar-refractivity contribution in [3.8, 4) is 0 Å². The first-order valence-corrected chi connectivity index (χ1v) is 9.61. The van der Waals surface area contributed by atoms with Gasteiger partial charge in [0.1, 0.15) is 5.82 Å². The zero-order valence-corrected chi connectivity index (χ0v) is 16.2. The number of aromatic nitrogens is 3. The Morgan fingerprint density at radius 3 is 2.93 bits per heavy atom. The summed E-state index contributed by atoms with van der Waals surface area (Å²) in [5.41, 5.74) is 0.504. The van der Waals surface area contributed by atoms with Gasteiger partial charge < -0.3 is 15.2 Å². The minimum Gasteiger partial charge on any atom is -0.369 e. The van der Waals surface area contributed by atoms with Crippen LogP contribution in [0.4, 0.5) is 5.82 Å². The van der Waals surface area contributed by atoms with E-state index >= 15 is 0 Å². The Balaban J connectivity index is 1.48. The minimum atomic E-state index is -0.210. The van der Waals surface area contributed by atoms with E-state index < -0.39 is 0 Å². The molecule has 3 rings (SSSR count). The molecule has 0 spiro atoms. The maximum atomic E-state index is 12.3. The van der Waals surface area contributed by atoms with Gasteiger partial charge in [-0.25, -0.2) is 4.98 Å². The third kappa shape index (κ3) is 5.03. The van der Waals surface area contributed by atoms with Crippen LogP contribution in [-0.2, 0) is 6.54 Å². The number of rotatable bonds is 8. The van der Waals surface area contributed by atoms with Gasteiger partial charge in [0.2, 0.25) is 5.89 Å². The maximum absolute atomic E-state index is 12.3. The van der Waals surface area contributed by atoms with Gasteiger partial charge in [0.15, 0.2) is 5.82 Å². The number of nitrogens with zero attached hydrogens (tertiary/aromatic N) is 4. The number of nitrogens with one attached hydrogen (secondary N) is 2. The number of anilines is 1. The van der Waals surface area contributed by atoms with Crippen LogP contribution < -0.4 is 10.6 Å². The molecule has 8 heteroatoms. The number of pyridine rings is 1. The van der Waals surface area contributed by atoms with Gasteiger partial charge >= 0.3 is 0 Å². The van der Waals surface area contributed by atoms with Crippen molar-refractivity contribution in [3.05, 3.63) is 35.6 Å². The smallest absolute Gasteiger partial charge is 0.253 e. The second kappa shape index (κ2) is 8.94. The summed E-state index contributed by atoms with van der Waals surface area (Å²) in [5, 5.41) is 10.0. The molecule has 1 aliphatic rings. The molecular formula is C19H28N6O2. The Morgan fingerprint density at radius 1 is 1.41 bits per heavy atom. The van der Waals surface area contributed by atoms with Gasteiger partial charge in [-0.2, -0.15) is 4.98 Å². The standard InChI is InChI=1S/C19H28N6O2/c1-4-25-9-5-6-15(25)11-21-16-8-7-14(10-20-16)18(26)22-12-17-23-19(13(2)3)27-24-17/h7-8,10,13,15H,4-6,9,11-12H2,1-3H3,(H,20,21)(H,22,26)/t15-/m0/s1. The largest absolute Gasteiger partial charge is 0.369 e. The molecule has 1 saturated heterocycles. The maximum Gasteiger partial charge on any atom is 0.253 e. The highest BCUT2D eigenvalue weighted by molar-refractivity contribution is 5.93. The second-order valence-electron chi connectivity index (χ2n) is 7.12. The van der Waals surface area contributed by atoms with Crippen LogP contribution in [0, 0.1) is 0 Å². The lowest BCUT2D eigenvalue weighted by Crippen LogP contribution is -2.34. The van der Waals surface area contributed by atoms with Crippen LogP contribution in [-0.4, -0.2) is 51.6 Å². The van der Waals surface area contributed by atoms with Gasteiger partial charge in [-0.15, -0.1) is 0 Å². The molecule has 1 atom stereocenters. The van der Waals surface area contributed by atoms with Crippen LogP contribution in [0.1, 0.15) is 61.6 Å². The zero-order valence-electron chi connectivity index (χ0n) is 16.2. The minimum absolute atomic E-state index is 0.167. The number of likely N-dealkylation sites (tertiary alicyclic amines) is 1. The van der Waals surface area contributed by atoms with E-state index in [1.807, 2.05) is 19.9 Å². The van der Waals surface area contributed by atoms with E-state index in [4.69, 9.17) is 4.52 Å². The second-order valence-corrected chi connectivity index (χ2v) is 7.12. The molecule has 0 bridgehead atoms. The third-order valence-corrected chi connectivity index (χ3v) is 4.83. The molecule has 0 radical (unpaired) electrons. The molecule has 2 aromatic rings. The van der Waals surface area contributed by atoms with Gasteiger partial charge in [-0.05, 0) is 38.1 Å². The van der Waals surface area contributed by atoms with Crippen LogP contribution in [0.3, 0.4) is 0 Å². The Bertz CT molecular complexity index is 743. The van der Waals surface area contributed by atoms with Crippen molar-refractivity contribution in [1.82, 2.24) is 25.3 Å². The molecule has 146 valence electrons. The van der Waals surface area contributed by atoms with Gasteiger partial charge in [0.25, 0.3) is 5.91 Å². The van der Waals surface area contributed by atoms with Crippen LogP contribution in [0.15, 0.2) is 22.9 Å². The predicted octanol–water partition coefficient (Wildman–Crippen LogP) is 2.41. The fourth-order valence-electron chi connectivity index (χ4n) is 3.23. The molecular weight excluding hydrogens is 344 g/mol. The topological polar surface area (TPSA) is 96.2 Å². The van der Waals surface area contributed by atoms with Crippen molar-refractivity contribution < 1.29 is 9.32 Å². The number of carbonyl (C=O) groups excluding carboxylic acids is 1. The molecule has 8 nitrogen and oxygen atoms in total. The SMILES string of the molecule is CCN1CCC[C@H]1CNc1ccc(C(=O)NCc2noc(C(C)C)n2)cn1. The molecule has 0 unspecified atom stereocenters. The number of amides is 1. The highest BCUT2D eigenvalue weighted by Crippen LogP contribution is 2.17. The van der Waals surface area contributed by atoms with Crippen LogP contribution in [0.2, 0.25) is 0 Å². The number of hydrogen-bond acceptors (Lipinski definition) is 7. The average Bonchev–Trinajstić information content (AvgIpc) is 3.34. The Labute approximate surface area is 159 Å². The van der Waals surface area contributed by atoms with Crippen molar-refractivity contribution in [2.24, 2.45) is 0 Å². The van der Waals surface area contributed by atoms with Crippen molar-refractivity contribution in [2.45, 2.75) is 52.1 Å². The Kier molecular flexibility index (Phi) is 6.39. The van der Waals surface area contributed by atoms with E-state index in [2.05, 4.69) is 37.6 Å². The first kappa shape index (κ1) is 19.3. The van der Waals surface area contributed by atoms with Crippen molar-refractivity contribution in [2.75, 3.05) is 25.0 Å². The van der Waals surface area contributed by atoms with Crippen LogP contribution >= 0.6 is 0 Å². The van der Waals surface area contributed by atoms with Crippen molar-refractivity contribution >= 4 is 11.7 Å². The van der Waals surface area contributed by atoms with E-state index in [1.165, 1.54) is 19.4 Å². The van der Waals surface area contributed by atoms with E-state index in [0.717, 1.165) is 18.9 Å². The lowest BCUT2D eigenvalue weighted by Gasteiger charge is -2.23. The first-order valence-electron chi connectivity index (χ1n) is 9.61. The molecule has 1 fully saturated rings. The summed E-state index contributed by atoms with van der Waals surface area (Å²) >= 11 is 0. The highest BCUT2D eigenvalue weighted by Gasteiger charge is 2.22. The van der Waals surface area contributed by atoms with Gasteiger partial charge in [-0.3, -0.25) is 9.69 Å². The van der Waals surface area contributed by atoms with Crippen LogP contribution in [0.25, 0.3) is 0 Å². The monoisotopic (exact) mass is 372 g/mol. The highest BCUT2D eigenvalue weighted by atomic mass is 16.5. The summed E-state index contributed by atoms with van der Waals surface area (Å²) in [6, 6.07) is 4.17. The van der Waals surface area contributed by atoms with Gasteiger partial charge in [0, 0.05) is 24.7 Å². The third-order valence-electron chi connectivity index (χ3n) is 4.83. The number of carbonyl (C=O) groups is 1. The van der Waals surface area contributed by atoms with Gasteiger partial charge in [-0.1, -0.05) is 25.9 Å². The molecule has 2 N–H and O–H groups in total. The molecule has 1 amide bonds. The molecule has 1 aliphatic heterocycles. The summed E-state index contributed by atoms with van der Waals surface area (Å²) in [6.45, 7) is 9.51. The Morgan fingerprint density at radius 2 is 2.26 bits per heavy atom. The van der Waals surface area contributed by atoms with Crippen molar-refractivity contribution in [1.29, 1.82) is 0 Å². The van der Waals surface area contributed by atoms with E-state index in [1.54, 1.807) is 12.3 Å². The summed E-state index contributed by atoms with van der Waals surface area (Å²) < 4.78 is 5.13. The van der Waals surface area contributed by atoms with Gasteiger partial charge in [0.05, 0.1) is 12.1 Å². The quantitative estimate of drug-likeness (QED) is 0.734. The molecule has 0 aromatic carbocycles. The Hall–Kier alpha value is -2.48. The van der Waals surface area contributed by atoms with Crippen molar-refractivity contribution in [3.63, 3.8) is 0 Å². The average molecular weight is 372 g/mol. The molecule has 0 aliphatic carbocycles. The summed E-state index contributed by atoms with van der Waals surface area (Å²) in [7, 11) is 0. The zero-order chi connectivity index (χ0) is 19.2. The first-order chi connectivity index (χ1) is 13.1. The van der Waals surface area contributed by atoms with E-state index in [0.29, 0.717) is 23.3 Å². The summed E-state index contributed by atoms with van der Waals surface area (Å²) in [4.78, 5) is 23.3. The molecule has 2 aromatic heterocycles. The summed E-state index contributed by atoms with van der Waals surface area (Å²) in [5.74, 6) is 1.78. The lowest BCUT2D eigenvalue weighted by atomic mass is 10.2. The van der Waals surface area contributed by atoms with E-state index in [-0.39, 0.29) is 18.4 Å². The lowest BCUT2D eigenvalue weighted by molar-refractivity contribution is 0.0949. The van der Waals surface area contributed by atoms with E-state index in [9.17, 15) is 4.79 Å². The molecule has 3 heterocycles.